The number of carboxylic acid groups (broad SMARTS) is 1. The Balaban J connectivity index is 2.18. The van der Waals surface area contributed by atoms with Gasteiger partial charge in [0, 0.05) is 17.4 Å². The zero-order valence-electron chi connectivity index (χ0n) is 11.0. The molecule has 21 heavy (non-hydrogen) atoms. The molecule has 0 aliphatic carbocycles. The summed E-state index contributed by atoms with van der Waals surface area (Å²) in [7, 11) is 0. The molecule has 1 aromatic carbocycles. The van der Waals surface area contributed by atoms with Gasteiger partial charge >= 0.3 is 5.97 Å². The molecule has 0 bridgehead atoms. The van der Waals surface area contributed by atoms with Crippen molar-refractivity contribution in [3.63, 3.8) is 0 Å². The third kappa shape index (κ3) is 4.29. The van der Waals surface area contributed by atoms with Crippen molar-refractivity contribution in [1.82, 2.24) is 10.3 Å². The first kappa shape index (κ1) is 15.0. The summed E-state index contributed by atoms with van der Waals surface area (Å²) in [5.41, 5.74) is 1.06. The van der Waals surface area contributed by atoms with E-state index in [4.69, 9.17) is 16.7 Å². The van der Waals surface area contributed by atoms with E-state index in [0.29, 0.717) is 16.1 Å². The lowest BCUT2D eigenvalue weighted by Gasteiger charge is -2.17. The number of halogens is 1. The zero-order valence-corrected chi connectivity index (χ0v) is 11.7. The molecule has 1 atom stereocenters. The minimum Gasteiger partial charge on any atom is -0.481 e. The molecule has 1 unspecified atom stereocenters. The van der Waals surface area contributed by atoms with Crippen molar-refractivity contribution in [2.45, 2.75) is 12.5 Å². The van der Waals surface area contributed by atoms with E-state index >= 15 is 0 Å². The van der Waals surface area contributed by atoms with Crippen LogP contribution in [-0.4, -0.2) is 22.0 Å². The van der Waals surface area contributed by atoms with E-state index in [9.17, 15) is 9.59 Å². The van der Waals surface area contributed by atoms with Crippen LogP contribution >= 0.6 is 11.6 Å². The van der Waals surface area contributed by atoms with E-state index in [0.717, 1.165) is 0 Å². The molecule has 0 aliphatic rings. The summed E-state index contributed by atoms with van der Waals surface area (Å²) in [4.78, 5) is 26.9. The van der Waals surface area contributed by atoms with Crippen molar-refractivity contribution in [3.8, 4) is 0 Å². The summed E-state index contributed by atoms with van der Waals surface area (Å²) in [5, 5.41) is 12.2. The summed E-state index contributed by atoms with van der Waals surface area (Å²) in [6, 6.07) is 9.32. The smallest absolute Gasteiger partial charge is 0.305 e. The van der Waals surface area contributed by atoms with Gasteiger partial charge in [0.05, 0.1) is 18.0 Å². The molecule has 1 amide bonds. The van der Waals surface area contributed by atoms with E-state index in [1.807, 2.05) is 0 Å². The predicted octanol–water partition coefficient (Wildman–Crippen LogP) is 2.68. The van der Waals surface area contributed by atoms with Crippen LogP contribution in [0, 0.1) is 0 Å². The van der Waals surface area contributed by atoms with E-state index in [2.05, 4.69) is 10.3 Å². The molecule has 108 valence electrons. The highest BCUT2D eigenvalue weighted by atomic mass is 35.5. The maximum atomic E-state index is 12.1. The summed E-state index contributed by atoms with van der Waals surface area (Å²) in [6.45, 7) is 0. The first-order valence-corrected chi connectivity index (χ1v) is 6.62. The Labute approximate surface area is 126 Å². The lowest BCUT2D eigenvalue weighted by molar-refractivity contribution is -0.137. The third-order valence-electron chi connectivity index (χ3n) is 2.88. The highest BCUT2D eigenvalue weighted by Gasteiger charge is 2.19. The largest absolute Gasteiger partial charge is 0.481 e. The molecule has 2 N–H and O–H groups in total. The summed E-state index contributed by atoms with van der Waals surface area (Å²) >= 11 is 5.81. The van der Waals surface area contributed by atoms with Crippen LogP contribution in [0.4, 0.5) is 0 Å². The molecule has 2 rings (SSSR count). The molecule has 1 heterocycles. The Hall–Kier alpha value is -2.40. The fraction of sp³-hybridized carbons (Fsp3) is 0.133. The van der Waals surface area contributed by atoms with Crippen molar-refractivity contribution in [3.05, 3.63) is 64.9 Å². The van der Waals surface area contributed by atoms with Gasteiger partial charge in [0.25, 0.3) is 5.91 Å². The fourth-order valence-corrected chi connectivity index (χ4v) is 1.99. The van der Waals surface area contributed by atoms with Gasteiger partial charge in [-0.3, -0.25) is 14.6 Å². The molecule has 0 fully saturated rings. The molecule has 0 spiro atoms. The number of rotatable bonds is 5. The molecule has 1 aromatic heterocycles. The average molecular weight is 305 g/mol. The van der Waals surface area contributed by atoms with Crippen LogP contribution in [-0.2, 0) is 4.79 Å². The summed E-state index contributed by atoms with van der Waals surface area (Å²) in [5.74, 6) is -1.37. The standard InChI is InChI=1S/C15H13ClN2O3/c16-12-5-3-10(4-6-12)13(8-14(19)20)18-15(21)11-2-1-7-17-9-11/h1-7,9,13H,8H2,(H,18,21)(H,19,20). The summed E-state index contributed by atoms with van der Waals surface area (Å²) < 4.78 is 0. The second kappa shape index (κ2) is 6.85. The molecule has 0 saturated carbocycles. The van der Waals surface area contributed by atoms with Crippen molar-refractivity contribution in [1.29, 1.82) is 0 Å². The number of aromatic nitrogens is 1. The number of nitrogens with zero attached hydrogens (tertiary/aromatic N) is 1. The number of aliphatic carboxylic acids is 1. The maximum Gasteiger partial charge on any atom is 0.305 e. The Kier molecular flexibility index (Phi) is 4.90. The lowest BCUT2D eigenvalue weighted by atomic mass is 10.0. The Bertz CT molecular complexity index is 629. The first-order chi connectivity index (χ1) is 10.1. The van der Waals surface area contributed by atoms with E-state index in [1.165, 1.54) is 6.20 Å². The number of hydrogen-bond donors (Lipinski definition) is 2. The molecule has 2 aromatic rings. The number of nitrogens with one attached hydrogen (secondary N) is 1. The van der Waals surface area contributed by atoms with Crippen LogP contribution in [0.5, 0.6) is 0 Å². The van der Waals surface area contributed by atoms with Crippen molar-refractivity contribution >= 4 is 23.5 Å². The van der Waals surface area contributed by atoms with Crippen molar-refractivity contribution < 1.29 is 14.7 Å². The van der Waals surface area contributed by atoms with Crippen molar-refractivity contribution in [2.24, 2.45) is 0 Å². The maximum absolute atomic E-state index is 12.1. The molecule has 0 aliphatic heterocycles. The molecule has 0 saturated heterocycles. The second-order valence-corrected chi connectivity index (χ2v) is 4.85. The Morgan fingerprint density at radius 3 is 2.52 bits per heavy atom. The molecule has 6 heteroatoms. The van der Waals surface area contributed by atoms with Crippen LogP contribution in [0.1, 0.15) is 28.4 Å². The molecule has 5 nitrogen and oxygen atoms in total. The highest BCUT2D eigenvalue weighted by Crippen LogP contribution is 2.20. The van der Waals surface area contributed by atoms with Crippen molar-refractivity contribution in [2.75, 3.05) is 0 Å². The topological polar surface area (TPSA) is 79.3 Å². The number of carboxylic acids is 1. The Morgan fingerprint density at radius 2 is 1.95 bits per heavy atom. The number of pyridine rings is 1. The van der Waals surface area contributed by atoms with Gasteiger partial charge in [-0.2, -0.15) is 0 Å². The zero-order chi connectivity index (χ0) is 15.2. The fourth-order valence-electron chi connectivity index (χ4n) is 1.86. The van der Waals surface area contributed by atoms with E-state index in [1.54, 1.807) is 42.6 Å². The van der Waals surface area contributed by atoms with Crippen LogP contribution in [0.2, 0.25) is 5.02 Å². The SMILES string of the molecule is O=C(O)CC(NC(=O)c1cccnc1)c1ccc(Cl)cc1. The quantitative estimate of drug-likeness (QED) is 0.890. The Morgan fingerprint density at radius 1 is 1.24 bits per heavy atom. The number of carbonyl (C=O) groups is 2. The lowest BCUT2D eigenvalue weighted by Crippen LogP contribution is -2.30. The van der Waals surface area contributed by atoms with Gasteiger partial charge in [-0.15, -0.1) is 0 Å². The van der Waals surface area contributed by atoms with Gasteiger partial charge in [0.2, 0.25) is 0 Å². The molecular weight excluding hydrogens is 292 g/mol. The van der Waals surface area contributed by atoms with Gasteiger partial charge < -0.3 is 10.4 Å². The number of amides is 1. The predicted molar refractivity (Wildman–Crippen MR) is 78.1 cm³/mol. The number of benzene rings is 1. The van der Waals surface area contributed by atoms with Gasteiger partial charge in [-0.25, -0.2) is 0 Å². The van der Waals surface area contributed by atoms with Gasteiger partial charge in [0.15, 0.2) is 0 Å². The minimum atomic E-state index is -0.999. The number of carbonyl (C=O) groups excluding carboxylic acids is 1. The minimum absolute atomic E-state index is 0.215. The monoisotopic (exact) mass is 304 g/mol. The first-order valence-electron chi connectivity index (χ1n) is 6.24. The van der Waals surface area contributed by atoms with Crippen LogP contribution in [0.25, 0.3) is 0 Å². The van der Waals surface area contributed by atoms with Gasteiger partial charge in [-0.1, -0.05) is 23.7 Å². The normalized spacial score (nSPS) is 11.7. The summed E-state index contributed by atoms with van der Waals surface area (Å²) in [6.07, 6.45) is 2.77. The van der Waals surface area contributed by atoms with E-state index in [-0.39, 0.29) is 12.3 Å². The van der Waals surface area contributed by atoms with Crippen LogP contribution in [0.3, 0.4) is 0 Å². The number of hydrogen-bond acceptors (Lipinski definition) is 3. The van der Waals surface area contributed by atoms with Crippen LogP contribution < -0.4 is 5.32 Å². The molecular formula is C15H13ClN2O3. The van der Waals surface area contributed by atoms with E-state index < -0.39 is 12.0 Å². The van der Waals surface area contributed by atoms with Crippen LogP contribution in [0.15, 0.2) is 48.8 Å². The molecule has 0 radical (unpaired) electrons. The second-order valence-electron chi connectivity index (χ2n) is 4.42. The highest BCUT2D eigenvalue weighted by molar-refractivity contribution is 6.30. The van der Waals surface area contributed by atoms with Gasteiger partial charge in [0.1, 0.15) is 0 Å². The third-order valence-corrected chi connectivity index (χ3v) is 3.13. The van der Waals surface area contributed by atoms with Gasteiger partial charge in [-0.05, 0) is 29.8 Å². The average Bonchev–Trinajstić information content (AvgIpc) is 2.48.